The lowest BCUT2D eigenvalue weighted by atomic mass is 9.82. The lowest BCUT2D eigenvalue weighted by Gasteiger charge is -2.47. The van der Waals surface area contributed by atoms with Gasteiger partial charge in [0.1, 0.15) is 0 Å². The molecule has 18 heavy (non-hydrogen) atoms. The van der Waals surface area contributed by atoms with Crippen molar-refractivity contribution < 1.29 is 4.39 Å². The normalized spacial score (nSPS) is 28.3. The molecule has 1 aliphatic rings. The average molecular weight is 258 g/mol. The number of alkyl halides is 1. The standard InChI is InChI=1S/C15H31FN2/c1-6-12(2)13-11-18(9-7-8-16)14(10-17-13)15(3,4)5/h12-14,17H,6-11H2,1-5H3. The van der Waals surface area contributed by atoms with Crippen LogP contribution in [0.15, 0.2) is 0 Å². The zero-order valence-corrected chi connectivity index (χ0v) is 12.8. The SMILES string of the molecule is CCC(C)C1CN(CCCF)C(C(C)(C)C)CN1. The van der Waals surface area contributed by atoms with Gasteiger partial charge in [-0.05, 0) is 17.8 Å². The quantitative estimate of drug-likeness (QED) is 0.815. The highest BCUT2D eigenvalue weighted by atomic mass is 19.1. The predicted octanol–water partition coefficient (Wildman–Crippen LogP) is 3.08. The van der Waals surface area contributed by atoms with E-state index in [9.17, 15) is 4.39 Å². The number of piperazine rings is 1. The van der Waals surface area contributed by atoms with Crippen LogP contribution in [0, 0.1) is 11.3 Å². The molecular formula is C15H31FN2. The Morgan fingerprint density at radius 2 is 2.06 bits per heavy atom. The van der Waals surface area contributed by atoms with Gasteiger partial charge in [-0.1, -0.05) is 41.0 Å². The van der Waals surface area contributed by atoms with Gasteiger partial charge in [-0.2, -0.15) is 0 Å². The Kier molecular flexibility index (Phi) is 6.06. The topological polar surface area (TPSA) is 15.3 Å². The summed E-state index contributed by atoms with van der Waals surface area (Å²) < 4.78 is 12.5. The van der Waals surface area contributed by atoms with Gasteiger partial charge in [0.15, 0.2) is 0 Å². The van der Waals surface area contributed by atoms with Crippen molar-refractivity contribution in [3.8, 4) is 0 Å². The van der Waals surface area contributed by atoms with E-state index in [1.54, 1.807) is 0 Å². The first-order valence-corrected chi connectivity index (χ1v) is 7.43. The molecule has 1 saturated heterocycles. The number of halogens is 1. The summed E-state index contributed by atoms with van der Waals surface area (Å²) in [6, 6.07) is 1.08. The first-order valence-electron chi connectivity index (χ1n) is 7.43. The second-order valence-corrected chi connectivity index (χ2v) is 6.82. The van der Waals surface area contributed by atoms with Crippen LogP contribution in [0.4, 0.5) is 4.39 Å². The van der Waals surface area contributed by atoms with Crippen LogP contribution in [0.5, 0.6) is 0 Å². The molecule has 3 heteroatoms. The summed E-state index contributed by atoms with van der Waals surface area (Å²) in [6.45, 7) is 14.2. The Bertz CT molecular complexity index is 237. The van der Waals surface area contributed by atoms with Crippen molar-refractivity contribution in [1.82, 2.24) is 10.2 Å². The molecule has 0 bridgehead atoms. The third kappa shape index (κ3) is 4.20. The van der Waals surface area contributed by atoms with Crippen molar-refractivity contribution in [2.45, 2.75) is 59.5 Å². The molecule has 108 valence electrons. The molecule has 0 aromatic rings. The largest absolute Gasteiger partial charge is 0.311 e. The minimum Gasteiger partial charge on any atom is -0.311 e. The fourth-order valence-corrected chi connectivity index (χ4v) is 2.87. The molecule has 0 radical (unpaired) electrons. The van der Waals surface area contributed by atoms with E-state index in [2.05, 4.69) is 44.8 Å². The van der Waals surface area contributed by atoms with E-state index in [0.29, 0.717) is 24.4 Å². The van der Waals surface area contributed by atoms with Gasteiger partial charge in [-0.25, -0.2) is 0 Å². The Morgan fingerprint density at radius 3 is 2.56 bits per heavy atom. The molecule has 0 aliphatic carbocycles. The van der Waals surface area contributed by atoms with E-state index in [1.807, 2.05) is 0 Å². The highest BCUT2D eigenvalue weighted by molar-refractivity contribution is 4.93. The van der Waals surface area contributed by atoms with E-state index in [-0.39, 0.29) is 12.1 Å². The zero-order valence-electron chi connectivity index (χ0n) is 12.8. The smallest absolute Gasteiger partial charge is 0.0906 e. The van der Waals surface area contributed by atoms with E-state index in [1.165, 1.54) is 6.42 Å². The Morgan fingerprint density at radius 1 is 1.39 bits per heavy atom. The molecule has 1 rings (SSSR count). The third-order valence-corrected chi connectivity index (χ3v) is 4.35. The number of rotatable bonds is 5. The number of hydrogen-bond donors (Lipinski definition) is 1. The van der Waals surface area contributed by atoms with Gasteiger partial charge in [-0.15, -0.1) is 0 Å². The van der Waals surface area contributed by atoms with Crippen LogP contribution in [0.2, 0.25) is 0 Å². The summed E-state index contributed by atoms with van der Waals surface area (Å²) in [5.74, 6) is 0.693. The molecule has 0 spiro atoms. The fraction of sp³-hybridized carbons (Fsp3) is 1.00. The summed E-state index contributed by atoms with van der Waals surface area (Å²) >= 11 is 0. The van der Waals surface area contributed by atoms with Gasteiger partial charge in [0.2, 0.25) is 0 Å². The van der Waals surface area contributed by atoms with Crippen molar-refractivity contribution in [3.05, 3.63) is 0 Å². The molecule has 1 N–H and O–H groups in total. The second kappa shape index (κ2) is 6.85. The van der Waals surface area contributed by atoms with Crippen LogP contribution < -0.4 is 5.32 Å². The van der Waals surface area contributed by atoms with E-state index in [0.717, 1.165) is 19.6 Å². The molecule has 1 heterocycles. The maximum absolute atomic E-state index is 12.5. The Balaban J connectivity index is 2.66. The van der Waals surface area contributed by atoms with Crippen LogP contribution >= 0.6 is 0 Å². The van der Waals surface area contributed by atoms with Gasteiger partial charge >= 0.3 is 0 Å². The molecule has 1 aliphatic heterocycles. The van der Waals surface area contributed by atoms with Crippen molar-refractivity contribution in [1.29, 1.82) is 0 Å². The van der Waals surface area contributed by atoms with Crippen LogP contribution in [0.25, 0.3) is 0 Å². The molecular weight excluding hydrogens is 227 g/mol. The van der Waals surface area contributed by atoms with E-state index in [4.69, 9.17) is 0 Å². The highest BCUT2D eigenvalue weighted by Gasteiger charge is 2.36. The van der Waals surface area contributed by atoms with Gasteiger partial charge in [0, 0.05) is 31.7 Å². The molecule has 2 nitrogen and oxygen atoms in total. The first-order chi connectivity index (χ1) is 8.40. The van der Waals surface area contributed by atoms with Crippen LogP contribution in [0.3, 0.4) is 0 Å². The lowest BCUT2D eigenvalue weighted by molar-refractivity contribution is 0.0419. The minimum absolute atomic E-state index is 0.200. The average Bonchev–Trinajstić information content (AvgIpc) is 2.33. The van der Waals surface area contributed by atoms with Crippen LogP contribution in [-0.4, -0.2) is 43.3 Å². The zero-order chi connectivity index (χ0) is 13.8. The fourth-order valence-electron chi connectivity index (χ4n) is 2.87. The Labute approximate surface area is 112 Å². The molecule has 0 aromatic carbocycles. The minimum atomic E-state index is -0.200. The first kappa shape index (κ1) is 15.9. The molecule has 1 fully saturated rings. The van der Waals surface area contributed by atoms with E-state index < -0.39 is 0 Å². The molecule has 0 aromatic heterocycles. The summed E-state index contributed by atoms with van der Waals surface area (Å²) in [5.41, 5.74) is 0.254. The van der Waals surface area contributed by atoms with Crippen molar-refractivity contribution in [3.63, 3.8) is 0 Å². The summed E-state index contributed by atoms with van der Waals surface area (Å²) in [5, 5.41) is 3.70. The monoisotopic (exact) mass is 258 g/mol. The van der Waals surface area contributed by atoms with Crippen molar-refractivity contribution >= 4 is 0 Å². The van der Waals surface area contributed by atoms with E-state index >= 15 is 0 Å². The lowest BCUT2D eigenvalue weighted by Crippen LogP contribution is -2.62. The predicted molar refractivity (Wildman–Crippen MR) is 76.7 cm³/mol. The van der Waals surface area contributed by atoms with Gasteiger partial charge in [0.25, 0.3) is 0 Å². The molecule has 0 amide bonds. The van der Waals surface area contributed by atoms with Gasteiger partial charge < -0.3 is 5.32 Å². The van der Waals surface area contributed by atoms with Gasteiger partial charge in [0.05, 0.1) is 6.67 Å². The van der Waals surface area contributed by atoms with Crippen LogP contribution in [-0.2, 0) is 0 Å². The van der Waals surface area contributed by atoms with Crippen molar-refractivity contribution in [2.24, 2.45) is 11.3 Å². The molecule has 3 atom stereocenters. The summed E-state index contributed by atoms with van der Waals surface area (Å²) in [4.78, 5) is 2.51. The highest BCUT2D eigenvalue weighted by Crippen LogP contribution is 2.28. The second-order valence-electron chi connectivity index (χ2n) is 6.82. The maximum atomic E-state index is 12.5. The molecule has 3 unspecified atom stereocenters. The van der Waals surface area contributed by atoms with Crippen LogP contribution in [0.1, 0.15) is 47.5 Å². The Hall–Kier alpha value is -0.150. The molecule has 0 saturated carbocycles. The van der Waals surface area contributed by atoms with Crippen molar-refractivity contribution in [2.75, 3.05) is 26.3 Å². The third-order valence-electron chi connectivity index (χ3n) is 4.35. The summed E-state index contributed by atoms with van der Waals surface area (Å²) in [6.07, 6.45) is 1.87. The number of hydrogen-bond acceptors (Lipinski definition) is 2. The maximum Gasteiger partial charge on any atom is 0.0906 e. The van der Waals surface area contributed by atoms with Gasteiger partial charge in [-0.3, -0.25) is 9.29 Å². The summed E-state index contributed by atoms with van der Waals surface area (Å²) in [7, 11) is 0. The number of nitrogens with one attached hydrogen (secondary N) is 1. The number of nitrogens with zero attached hydrogens (tertiary/aromatic N) is 1.